The van der Waals surface area contributed by atoms with E-state index in [1.807, 2.05) is 0 Å². The third-order valence-electron chi connectivity index (χ3n) is 1.56. The molecule has 0 amide bonds. The largest absolute Gasteiger partial charge is 0.481 e. The van der Waals surface area contributed by atoms with Gasteiger partial charge in [0, 0.05) is 18.2 Å². The smallest absolute Gasteiger partial charge is 0.303 e. The summed E-state index contributed by atoms with van der Waals surface area (Å²) in [5.74, 6) is -0.829. The minimum atomic E-state index is -0.829. The van der Waals surface area contributed by atoms with Gasteiger partial charge in [0.15, 0.2) is 0 Å². The molecular weight excluding hydrogens is 172 g/mol. The maximum absolute atomic E-state index is 10.8. The molecule has 2 N–H and O–H groups in total. The number of aliphatic carboxylic acids is 1. The molecule has 0 saturated carbocycles. The molecule has 0 bridgehead atoms. The molecule has 1 heterocycles. The van der Waals surface area contributed by atoms with Crippen molar-refractivity contribution in [2.24, 2.45) is 0 Å². The van der Waals surface area contributed by atoms with E-state index in [1.54, 1.807) is 0 Å². The van der Waals surface area contributed by atoms with Crippen molar-refractivity contribution in [3.05, 3.63) is 28.4 Å². The molecule has 13 heavy (non-hydrogen) atoms. The van der Waals surface area contributed by atoms with Crippen LogP contribution >= 0.6 is 0 Å². The van der Waals surface area contributed by atoms with E-state index in [0.717, 1.165) is 0 Å². The molecule has 1 aromatic rings. The Morgan fingerprint density at radius 3 is 3.00 bits per heavy atom. The Balaban J connectivity index is 2.45. The molecular formula is C8H10N2O3. The molecule has 0 aliphatic rings. The highest BCUT2D eigenvalue weighted by Crippen LogP contribution is 1.97. The van der Waals surface area contributed by atoms with E-state index in [0.29, 0.717) is 18.5 Å². The summed E-state index contributed by atoms with van der Waals surface area (Å²) in [5, 5.41) is 8.36. The number of aromatic amines is 1. The molecule has 0 spiro atoms. The second-order valence-electron chi connectivity index (χ2n) is 2.65. The average Bonchev–Trinajstić information content (AvgIpc) is 2.03. The maximum atomic E-state index is 10.8. The summed E-state index contributed by atoms with van der Waals surface area (Å²) < 4.78 is 0. The highest BCUT2D eigenvalue weighted by Gasteiger charge is 1.99. The highest BCUT2D eigenvalue weighted by atomic mass is 16.4. The van der Waals surface area contributed by atoms with Gasteiger partial charge in [0.2, 0.25) is 0 Å². The molecule has 0 aliphatic heterocycles. The summed E-state index contributed by atoms with van der Waals surface area (Å²) >= 11 is 0. The maximum Gasteiger partial charge on any atom is 0.303 e. The summed E-state index contributed by atoms with van der Waals surface area (Å²) in [6.07, 6.45) is 2.45. The lowest BCUT2D eigenvalue weighted by atomic mass is 10.2. The number of carboxylic acid groups (broad SMARTS) is 1. The van der Waals surface area contributed by atoms with Crippen molar-refractivity contribution in [3.8, 4) is 0 Å². The lowest BCUT2D eigenvalue weighted by Crippen LogP contribution is -2.07. The van der Waals surface area contributed by atoms with Crippen LogP contribution in [0.1, 0.15) is 18.5 Å². The number of carboxylic acids is 1. The monoisotopic (exact) mass is 182 g/mol. The van der Waals surface area contributed by atoms with Crippen molar-refractivity contribution in [2.75, 3.05) is 0 Å². The molecule has 5 nitrogen and oxygen atoms in total. The molecule has 1 aromatic heterocycles. The van der Waals surface area contributed by atoms with Gasteiger partial charge in [0.05, 0.1) is 6.33 Å². The van der Waals surface area contributed by atoms with Crippen LogP contribution in [-0.2, 0) is 11.2 Å². The van der Waals surface area contributed by atoms with E-state index in [4.69, 9.17) is 5.11 Å². The number of nitrogens with zero attached hydrogens (tertiary/aromatic N) is 1. The summed E-state index contributed by atoms with van der Waals surface area (Å²) in [6, 6.07) is 1.38. The second kappa shape index (κ2) is 4.39. The summed E-state index contributed by atoms with van der Waals surface area (Å²) in [7, 11) is 0. The van der Waals surface area contributed by atoms with Gasteiger partial charge >= 0.3 is 5.97 Å². The third kappa shape index (κ3) is 3.50. The van der Waals surface area contributed by atoms with E-state index in [1.165, 1.54) is 12.4 Å². The molecule has 0 aliphatic carbocycles. The van der Waals surface area contributed by atoms with Crippen LogP contribution in [0.25, 0.3) is 0 Å². The molecule has 0 fully saturated rings. The molecule has 0 atom stereocenters. The number of nitrogens with one attached hydrogen (secondary N) is 1. The zero-order valence-corrected chi connectivity index (χ0v) is 6.99. The van der Waals surface area contributed by atoms with E-state index >= 15 is 0 Å². The van der Waals surface area contributed by atoms with Gasteiger partial charge in [-0.05, 0) is 12.8 Å². The first-order valence-corrected chi connectivity index (χ1v) is 3.94. The number of carbonyl (C=O) groups is 1. The average molecular weight is 182 g/mol. The van der Waals surface area contributed by atoms with Crippen LogP contribution in [0.15, 0.2) is 17.2 Å². The number of H-pyrrole nitrogens is 1. The first-order valence-electron chi connectivity index (χ1n) is 3.94. The Labute approximate surface area is 74.4 Å². The molecule has 5 heteroatoms. The summed E-state index contributed by atoms with van der Waals surface area (Å²) in [6.45, 7) is 0. The Morgan fingerprint density at radius 2 is 2.38 bits per heavy atom. The lowest BCUT2D eigenvalue weighted by Gasteiger charge is -1.96. The van der Waals surface area contributed by atoms with Crippen molar-refractivity contribution in [1.29, 1.82) is 0 Å². The van der Waals surface area contributed by atoms with E-state index in [9.17, 15) is 9.59 Å². The molecule has 70 valence electrons. The third-order valence-corrected chi connectivity index (χ3v) is 1.56. The quantitative estimate of drug-likeness (QED) is 0.695. The lowest BCUT2D eigenvalue weighted by molar-refractivity contribution is -0.137. The minimum Gasteiger partial charge on any atom is -0.481 e. The number of hydrogen-bond donors (Lipinski definition) is 2. The van der Waals surface area contributed by atoms with Crippen molar-refractivity contribution in [3.63, 3.8) is 0 Å². The molecule has 1 rings (SSSR count). The number of aromatic nitrogens is 2. The summed E-state index contributed by atoms with van der Waals surface area (Å²) in [4.78, 5) is 27.2. The Morgan fingerprint density at radius 1 is 1.62 bits per heavy atom. The van der Waals surface area contributed by atoms with Crippen LogP contribution in [0, 0.1) is 0 Å². The zero-order valence-electron chi connectivity index (χ0n) is 6.99. The van der Waals surface area contributed by atoms with Gasteiger partial charge in [-0.25, -0.2) is 4.98 Å². The van der Waals surface area contributed by atoms with Gasteiger partial charge in [-0.15, -0.1) is 0 Å². The van der Waals surface area contributed by atoms with Gasteiger partial charge in [0.25, 0.3) is 5.56 Å². The first-order chi connectivity index (χ1) is 6.18. The zero-order chi connectivity index (χ0) is 9.68. The molecule has 0 aromatic carbocycles. The van der Waals surface area contributed by atoms with Gasteiger partial charge in [0.1, 0.15) is 0 Å². The van der Waals surface area contributed by atoms with Crippen molar-refractivity contribution >= 4 is 5.97 Å². The summed E-state index contributed by atoms with van der Waals surface area (Å²) in [5.41, 5.74) is 0.422. The second-order valence-corrected chi connectivity index (χ2v) is 2.65. The Hall–Kier alpha value is -1.65. The number of hydrogen-bond acceptors (Lipinski definition) is 3. The van der Waals surface area contributed by atoms with E-state index < -0.39 is 5.97 Å². The fourth-order valence-electron chi connectivity index (χ4n) is 0.967. The van der Waals surface area contributed by atoms with Gasteiger partial charge < -0.3 is 10.1 Å². The Kier molecular flexibility index (Phi) is 3.19. The molecule has 0 radical (unpaired) electrons. The van der Waals surface area contributed by atoms with Crippen molar-refractivity contribution in [2.45, 2.75) is 19.3 Å². The first kappa shape index (κ1) is 9.44. The standard InChI is InChI=1S/C8H10N2O3/c11-7-4-6(9-5-10-7)2-1-3-8(12)13/h4-5H,1-3H2,(H,12,13)(H,9,10,11). The fourth-order valence-corrected chi connectivity index (χ4v) is 0.967. The van der Waals surface area contributed by atoms with Crippen LogP contribution in [-0.4, -0.2) is 21.0 Å². The van der Waals surface area contributed by atoms with Crippen LogP contribution in [0.3, 0.4) is 0 Å². The fraction of sp³-hybridized carbons (Fsp3) is 0.375. The van der Waals surface area contributed by atoms with Crippen molar-refractivity contribution < 1.29 is 9.90 Å². The van der Waals surface area contributed by atoms with Gasteiger partial charge in [-0.1, -0.05) is 0 Å². The minimum absolute atomic E-state index is 0.106. The highest BCUT2D eigenvalue weighted by molar-refractivity contribution is 5.66. The molecule has 0 unspecified atom stereocenters. The topological polar surface area (TPSA) is 83.0 Å². The normalized spacial score (nSPS) is 9.85. The number of aryl methyl sites for hydroxylation is 1. The van der Waals surface area contributed by atoms with E-state index in [2.05, 4.69) is 9.97 Å². The van der Waals surface area contributed by atoms with Gasteiger partial charge in [-0.2, -0.15) is 0 Å². The predicted molar refractivity (Wildman–Crippen MR) is 45.4 cm³/mol. The van der Waals surface area contributed by atoms with E-state index in [-0.39, 0.29) is 12.0 Å². The molecule has 0 saturated heterocycles. The predicted octanol–water partition coefficient (Wildman–Crippen LogP) is 0.177. The van der Waals surface area contributed by atoms with Crippen molar-refractivity contribution in [1.82, 2.24) is 9.97 Å². The van der Waals surface area contributed by atoms with Gasteiger partial charge in [-0.3, -0.25) is 9.59 Å². The SMILES string of the molecule is O=C(O)CCCc1cc(=O)[nH]cn1. The van der Waals surface area contributed by atoms with Crippen LogP contribution in [0.5, 0.6) is 0 Å². The van der Waals surface area contributed by atoms with Crippen LogP contribution in [0.2, 0.25) is 0 Å². The Bertz CT molecular complexity index is 345. The van der Waals surface area contributed by atoms with Crippen LogP contribution in [0.4, 0.5) is 0 Å². The van der Waals surface area contributed by atoms with Crippen LogP contribution < -0.4 is 5.56 Å². The number of rotatable bonds is 4.